The molecule has 272 valence electrons. The molecule has 26 nitrogen and oxygen atoms in total. The first kappa shape index (κ1) is 43.2. The van der Waals surface area contributed by atoms with Gasteiger partial charge in [0.1, 0.15) is 11.6 Å². The van der Waals surface area contributed by atoms with Crippen LogP contribution in [0.5, 0.6) is 0 Å². The van der Waals surface area contributed by atoms with Crippen LogP contribution in [0.25, 0.3) is 0 Å². The van der Waals surface area contributed by atoms with Gasteiger partial charge >= 0.3 is 22.1 Å². The summed E-state index contributed by atoms with van der Waals surface area (Å²) in [5, 5.41) is 40.5. The van der Waals surface area contributed by atoms with Crippen molar-refractivity contribution in [2.45, 2.75) is 55.9 Å². The van der Waals surface area contributed by atoms with Gasteiger partial charge in [-0.25, -0.2) is 24.6 Å². The zero-order chi connectivity index (χ0) is 36.8. The van der Waals surface area contributed by atoms with Gasteiger partial charge in [0.15, 0.2) is 11.6 Å². The molecule has 0 spiro atoms. The van der Waals surface area contributed by atoms with Crippen LogP contribution in [0.2, 0.25) is 0 Å². The van der Waals surface area contributed by atoms with E-state index in [-0.39, 0.29) is 17.9 Å². The van der Waals surface area contributed by atoms with Crippen LogP contribution in [0, 0.1) is 48.5 Å². The number of hydrogen-bond donors (Lipinski definition) is 6. The van der Waals surface area contributed by atoms with Crippen molar-refractivity contribution in [3.63, 3.8) is 0 Å². The molecular weight excluding hydrogens is 688 g/mol. The Balaban J connectivity index is 0.000000559. The van der Waals surface area contributed by atoms with Crippen LogP contribution in [0.15, 0.2) is 49.6 Å². The number of rotatable bonds is 0. The molecule has 27 heteroatoms. The van der Waals surface area contributed by atoms with Crippen molar-refractivity contribution < 1.29 is 13.5 Å². The van der Waals surface area contributed by atoms with Gasteiger partial charge in [0, 0.05) is 31.4 Å². The Morgan fingerprint density at radius 3 is 1.68 bits per heavy atom. The Kier molecular flexibility index (Phi) is 20.3. The van der Waals surface area contributed by atoms with Gasteiger partial charge in [0.2, 0.25) is 11.8 Å². The fraction of sp³-hybridized carbons (Fsp3) is 0.391. The second-order valence-electron chi connectivity index (χ2n) is 8.48. The average molecular weight is 725 g/mol. The molecule has 0 radical (unpaired) electrons. The van der Waals surface area contributed by atoms with Gasteiger partial charge in [-0.3, -0.25) is 24.1 Å². The van der Waals surface area contributed by atoms with Crippen molar-refractivity contribution in [2.75, 3.05) is 0 Å². The molecule has 0 unspecified atom stereocenters. The highest BCUT2D eigenvalue weighted by atomic mass is 32.1. The maximum absolute atomic E-state index is 10.3. The summed E-state index contributed by atoms with van der Waals surface area (Å²) in [6.07, 6.45) is 0. The van der Waals surface area contributed by atoms with E-state index in [0.717, 1.165) is 17.2 Å². The Labute approximate surface area is 283 Å². The Bertz CT molecular complexity index is 1940. The van der Waals surface area contributed by atoms with Crippen molar-refractivity contribution in [1.29, 1.82) is 0 Å². The summed E-state index contributed by atoms with van der Waals surface area (Å²) in [6.45, 7) is 12.0. The van der Waals surface area contributed by atoms with Crippen LogP contribution in [0.1, 0.15) is 48.2 Å². The molecule has 0 bridgehead atoms. The highest BCUT2D eigenvalue weighted by Gasteiger charge is 1.89. The lowest BCUT2D eigenvalue weighted by Gasteiger charge is -1.82. The zero-order valence-electron chi connectivity index (χ0n) is 27.2. The van der Waals surface area contributed by atoms with Gasteiger partial charge in [0.25, 0.3) is 5.56 Å². The van der Waals surface area contributed by atoms with Gasteiger partial charge in [-0.05, 0) is 45.9 Å². The van der Waals surface area contributed by atoms with Crippen LogP contribution in [0.4, 0.5) is 0 Å². The summed E-state index contributed by atoms with van der Waals surface area (Å²) in [6, 6.07) is 3.11. The van der Waals surface area contributed by atoms with E-state index in [1.54, 1.807) is 54.7 Å². The molecule has 0 fully saturated rings. The third-order valence-electron chi connectivity index (χ3n) is 4.06. The summed E-state index contributed by atoms with van der Waals surface area (Å²) >= 11 is 0.943. The topological polar surface area (TPSA) is 366 Å². The van der Waals surface area contributed by atoms with E-state index in [1.807, 2.05) is 12.1 Å². The van der Waals surface area contributed by atoms with Crippen LogP contribution in [0.3, 0.4) is 0 Å². The summed E-state index contributed by atoms with van der Waals surface area (Å²) in [5.74, 6) is 2.31. The first-order chi connectivity index (χ1) is 23.1. The van der Waals surface area contributed by atoms with Crippen LogP contribution in [-0.4, -0.2) is 90.9 Å². The number of hydrogen-bond acceptors (Lipinski definition) is 20. The Morgan fingerprint density at radius 1 is 0.780 bits per heavy atom. The van der Waals surface area contributed by atoms with E-state index in [0.29, 0.717) is 35.1 Å². The van der Waals surface area contributed by atoms with Crippen molar-refractivity contribution >= 4 is 11.5 Å². The van der Waals surface area contributed by atoms with Crippen LogP contribution >= 0.6 is 11.5 Å². The number of aromatic amines is 6. The van der Waals surface area contributed by atoms with Crippen LogP contribution < -0.4 is 27.6 Å². The number of H-pyrrole nitrogens is 6. The number of nitrogens with one attached hydrogen (secondary N) is 6. The smallest absolute Gasteiger partial charge is 0.393 e. The number of tetrazole rings is 2. The SMILES string of the molecule is C.Cc1ccc(=O)[nH]n1.Cc1n[nH]c(=O)o1.Cc1nc(=O)[nH]o1.Cc1nn[nH]n1.Cc1nnn(C)n1.Cc1noc(=O)[nH]1.Cc1nsc(=O)[nH]1. The third-order valence-corrected chi connectivity index (χ3v) is 4.70. The molecular formula is C23H36N18O8S. The fourth-order valence-electron chi connectivity index (χ4n) is 2.22. The van der Waals surface area contributed by atoms with E-state index in [1.165, 1.54) is 10.9 Å². The Hall–Kier alpha value is -6.80. The third kappa shape index (κ3) is 21.9. The molecule has 7 rings (SSSR count). The average Bonchev–Trinajstić information content (AvgIpc) is 3.91. The number of nitrogens with zero attached hydrogens (tertiary/aromatic N) is 12. The maximum Gasteiger partial charge on any atom is 0.438 e. The second kappa shape index (κ2) is 23.5. The highest BCUT2D eigenvalue weighted by Crippen LogP contribution is 1.80. The highest BCUT2D eigenvalue weighted by molar-refractivity contribution is 7.02. The van der Waals surface area contributed by atoms with E-state index in [4.69, 9.17) is 0 Å². The number of aromatic nitrogens is 18. The van der Waals surface area contributed by atoms with E-state index in [2.05, 4.69) is 94.4 Å². The predicted octanol–water partition coefficient (Wildman–Crippen LogP) is -1.11. The lowest BCUT2D eigenvalue weighted by molar-refractivity contribution is 0.383. The van der Waals surface area contributed by atoms with Gasteiger partial charge in [0.05, 0.1) is 12.7 Å². The lowest BCUT2D eigenvalue weighted by Crippen LogP contribution is -2.05. The maximum atomic E-state index is 10.3. The van der Waals surface area contributed by atoms with Crippen molar-refractivity contribution in [1.82, 2.24) is 90.9 Å². The molecule has 0 amide bonds. The normalized spacial score (nSPS) is 9.04. The monoisotopic (exact) mass is 724 g/mol. The van der Waals surface area contributed by atoms with Crippen molar-refractivity contribution in [3.05, 3.63) is 105 Å². The molecule has 0 saturated carbocycles. The van der Waals surface area contributed by atoms with E-state index in [9.17, 15) is 24.0 Å². The molecule has 6 N–H and O–H groups in total. The number of aryl methyl sites for hydroxylation is 8. The molecule has 0 aliphatic carbocycles. The van der Waals surface area contributed by atoms with Gasteiger partial charge in [-0.15, -0.1) is 25.5 Å². The molecule has 0 atom stereocenters. The molecule has 0 aliphatic heterocycles. The molecule has 0 aliphatic rings. The fourth-order valence-corrected chi connectivity index (χ4v) is 2.68. The van der Waals surface area contributed by atoms with Crippen molar-refractivity contribution in [2.24, 2.45) is 7.05 Å². The standard InChI is InChI=1S/C5H6N2O.C3H6N4.3C3H4N2O2.C3H4N2OS.C2H4N4.CH4/c1-4-2-3-5(8)7-6-4;1-3-4-6-7(2)5-3;1-2-4-5-3(6)7-2;1-2-4-3(6)5-7-2;2*1-2-4-3(6)7-5-2;1-2-3-5-6-4-2;/h2-3H,1H3,(H,7,8);1-2H3;2*1H3,(H,5,6);2*1H3,(H,4,5,6);1H3,(H,3,4,5,6);1H4. The summed E-state index contributed by atoms with van der Waals surface area (Å²) in [7, 11) is 1.74. The molecule has 7 heterocycles. The van der Waals surface area contributed by atoms with E-state index >= 15 is 0 Å². The van der Waals surface area contributed by atoms with Gasteiger partial charge in [-0.1, -0.05) is 17.8 Å². The summed E-state index contributed by atoms with van der Waals surface area (Å²) in [4.78, 5) is 60.0. The summed E-state index contributed by atoms with van der Waals surface area (Å²) in [5.41, 5.74) is 0.234. The minimum Gasteiger partial charge on any atom is -0.393 e. The lowest BCUT2D eigenvalue weighted by atomic mass is 10.4. The minimum absolute atomic E-state index is 0. The predicted molar refractivity (Wildman–Crippen MR) is 172 cm³/mol. The Morgan fingerprint density at radius 2 is 1.50 bits per heavy atom. The molecule has 7 aromatic heterocycles. The molecule has 0 saturated heterocycles. The second-order valence-corrected chi connectivity index (χ2v) is 9.22. The van der Waals surface area contributed by atoms with Crippen molar-refractivity contribution in [3.8, 4) is 0 Å². The first-order valence-electron chi connectivity index (χ1n) is 13.1. The zero-order valence-corrected chi connectivity index (χ0v) is 28.0. The molecule has 50 heavy (non-hydrogen) atoms. The summed E-state index contributed by atoms with van der Waals surface area (Å²) < 4.78 is 16.6. The van der Waals surface area contributed by atoms with E-state index < -0.39 is 17.2 Å². The first-order valence-corrected chi connectivity index (χ1v) is 13.9. The van der Waals surface area contributed by atoms with Crippen LogP contribution in [-0.2, 0) is 7.05 Å². The largest absolute Gasteiger partial charge is 0.438 e. The minimum atomic E-state index is -0.502. The molecule has 0 aromatic carbocycles. The quantitative estimate of drug-likeness (QED) is 0.108. The van der Waals surface area contributed by atoms with Gasteiger partial charge < -0.3 is 8.94 Å². The van der Waals surface area contributed by atoms with Gasteiger partial charge in [-0.2, -0.15) is 29.6 Å². The molecule has 7 aromatic rings.